The Morgan fingerprint density at radius 3 is 1.91 bits per heavy atom. The Morgan fingerprint density at radius 1 is 0.471 bits per heavy atom. The number of thiophene rings is 1. The van der Waals surface area contributed by atoms with Gasteiger partial charge in [0.2, 0.25) is 5.95 Å². The maximum absolute atomic E-state index is 6.40. The van der Waals surface area contributed by atoms with Crippen molar-refractivity contribution in [1.82, 2.24) is 19.5 Å². The van der Waals surface area contributed by atoms with Crippen molar-refractivity contribution >= 4 is 80.7 Å². The first-order valence-electron chi connectivity index (χ1n) is 24.3. The molecule has 9 aromatic carbocycles. The van der Waals surface area contributed by atoms with Gasteiger partial charge >= 0.3 is 0 Å². The van der Waals surface area contributed by atoms with Crippen LogP contribution in [0.25, 0.3) is 120 Å². The molecule has 1 saturated carbocycles. The van der Waals surface area contributed by atoms with Crippen LogP contribution in [0, 0.1) is 5.92 Å². The number of nitrogens with zero attached hydrogens (tertiary/aromatic N) is 4. The van der Waals surface area contributed by atoms with Crippen LogP contribution < -0.4 is 0 Å². The summed E-state index contributed by atoms with van der Waals surface area (Å²) in [6, 6.07) is 71.8. The zero-order chi connectivity index (χ0) is 46.5. The van der Waals surface area contributed by atoms with Gasteiger partial charge in [0, 0.05) is 53.0 Å². The van der Waals surface area contributed by atoms with E-state index in [0.29, 0.717) is 29.4 Å². The van der Waals surface area contributed by atoms with Crippen molar-refractivity contribution in [1.29, 1.82) is 0 Å². The fraction of sp³-hybridized carbons (Fsp3) is 0.0781. The zero-order valence-corrected chi connectivity index (χ0v) is 39.4. The van der Waals surface area contributed by atoms with Gasteiger partial charge in [-0.05, 0) is 111 Å². The molecule has 332 valence electrons. The number of aromatic nitrogens is 4. The van der Waals surface area contributed by atoms with Crippen LogP contribution in [0.3, 0.4) is 0 Å². The summed E-state index contributed by atoms with van der Waals surface area (Å²) in [5.74, 6) is 2.66. The zero-order valence-electron chi connectivity index (χ0n) is 38.6. The van der Waals surface area contributed by atoms with E-state index in [2.05, 4.69) is 181 Å². The molecule has 0 radical (unpaired) electrons. The standard InChI is InChI=1S/C62H38N4OS.C2H6/c1-2-13-37(14-3-1)60-63-61(43-25-27-47-46-20-6-8-22-53(46)67-54(47)34-43)65-62(64-60)66-52-29-26-36-12-4-5-19-45(36)57(52)58-50-32-44(50)33-51(59(58)66)42-18-11-17-40(31-42)38-15-10-16-39(30-38)41-24-28-49-48-21-7-9-23-55(48)68-56(49)35-41;1-2/h1-31,33-35,44,50H,32H2;1-2H3. The lowest BCUT2D eigenvalue weighted by atomic mass is 9.88. The van der Waals surface area contributed by atoms with Crippen LogP contribution >= 0.6 is 11.3 Å². The Kier molecular flexibility index (Phi) is 9.33. The number of hydrogen-bond acceptors (Lipinski definition) is 5. The molecule has 70 heavy (non-hydrogen) atoms. The Balaban J connectivity index is 0.00000227. The first kappa shape index (κ1) is 40.6. The van der Waals surface area contributed by atoms with Gasteiger partial charge in [-0.15, -0.1) is 11.3 Å². The topological polar surface area (TPSA) is 56.7 Å². The van der Waals surface area contributed by atoms with Crippen LogP contribution in [0.4, 0.5) is 0 Å². The summed E-state index contributed by atoms with van der Waals surface area (Å²) in [5, 5.41) is 8.55. The Hall–Kier alpha value is -8.45. The van der Waals surface area contributed by atoms with E-state index >= 15 is 0 Å². The molecule has 1 fully saturated rings. The average molecular weight is 917 g/mol. The van der Waals surface area contributed by atoms with Crippen LogP contribution in [0.15, 0.2) is 211 Å². The molecule has 4 aromatic heterocycles. The number of benzene rings is 9. The minimum Gasteiger partial charge on any atom is -0.456 e. The quantitative estimate of drug-likeness (QED) is 0.167. The predicted octanol–water partition coefficient (Wildman–Crippen LogP) is 17.5. The molecule has 2 unspecified atom stereocenters. The highest BCUT2D eigenvalue weighted by Crippen LogP contribution is 2.59. The largest absolute Gasteiger partial charge is 0.456 e. The average Bonchev–Trinajstić information content (AvgIpc) is 3.79. The molecule has 0 N–H and O–H groups in total. The van der Waals surface area contributed by atoms with Gasteiger partial charge in [0.15, 0.2) is 11.6 Å². The van der Waals surface area contributed by atoms with E-state index in [1.54, 1.807) is 0 Å². The molecule has 6 heteroatoms. The van der Waals surface area contributed by atoms with Gasteiger partial charge in [-0.2, -0.15) is 9.97 Å². The summed E-state index contributed by atoms with van der Waals surface area (Å²) < 4.78 is 11.4. The van der Waals surface area contributed by atoms with E-state index in [4.69, 9.17) is 19.4 Å². The Morgan fingerprint density at radius 2 is 1.09 bits per heavy atom. The lowest BCUT2D eigenvalue weighted by Crippen LogP contribution is -2.11. The van der Waals surface area contributed by atoms with Gasteiger partial charge in [-0.1, -0.05) is 172 Å². The number of rotatable bonds is 6. The molecule has 5 nitrogen and oxygen atoms in total. The highest BCUT2D eigenvalue weighted by atomic mass is 32.1. The molecular formula is C64H44N4OS. The summed E-state index contributed by atoms with van der Waals surface area (Å²) in [6.45, 7) is 4.00. The van der Waals surface area contributed by atoms with Crippen molar-refractivity contribution in [3.63, 3.8) is 0 Å². The lowest BCUT2D eigenvalue weighted by Gasteiger charge is -2.19. The lowest BCUT2D eigenvalue weighted by molar-refractivity contribution is 0.669. The van der Waals surface area contributed by atoms with E-state index < -0.39 is 0 Å². The van der Waals surface area contributed by atoms with Crippen LogP contribution in [0.5, 0.6) is 0 Å². The van der Waals surface area contributed by atoms with Crippen LogP contribution in [0.2, 0.25) is 0 Å². The third-order valence-electron chi connectivity index (χ3n) is 14.3. The maximum atomic E-state index is 6.40. The van der Waals surface area contributed by atoms with E-state index in [1.165, 1.54) is 75.3 Å². The smallest absolute Gasteiger partial charge is 0.238 e. The Bertz CT molecular complexity index is 4270. The first-order chi connectivity index (χ1) is 34.7. The molecule has 2 atom stereocenters. The number of hydrogen-bond donors (Lipinski definition) is 0. The third-order valence-corrected chi connectivity index (χ3v) is 15.5. The van der Waals surface area contributed by atoms with Crippen molar-refractivity contribution in [2.45, 2.75) is 26.2 Å². The van der Waals surface area contributed by atoms with Gasteiger partial charge in [0.05, 0.1) is 11.2 Å². The third kappa shape index (κ3) is 6.48. The van der Waals surface area contributed by atoms with Crippen LogP contribution in [-0.4, -0.2) is 19.5 Å². The highest BCUT2D eigenvalue weighted by Gasteiger charge is 2.46. The first-order valence-corrected chi connectivity index (χ1v) is 25.1. The second-order valence-corrected chi connectivity index (χ2v) is 19.4. The van der Waals surface area contributed by atoms with Gasteiger partial charge in [-0.3, -0.25) is 4.57 Å². The minimum absolute atomic E-state index is 0.409. The molecule has 13 aromatic rings. The second-order valence-electron chi connectivity index (χ2n) is 18.3. The molecular weight excluding hydrogens is 873 g/mol. The van der Waals surface area contributed by atoms with Crippen LogP contribution in [-0.2, 0) is 0 Å². The number of para-hydroxylation sites is 1. The molecule has 0 bridgehead atoms. The molecule has 0 aliphatic heterocycles. The normalized spacial score (nSPS) is 15.0. The maximum Gasteiger partial charge on any atom is 0.238 e. The fourth-order valence-corrected chi connectivity index (χ4v) is 12.2. The summed E-state index contributed by atoms with van der Waals surface area (Å²) in [4.78, 5) is 16.0. The monoisotopic (exact) mass is 916 g/mol. The summed E-state index contributed by atoms with van der Waals surface area (Å²) in [7, 11) is 0. The number of allylic oxidation sites excluding steroid dienone is 1. The van der Waals surface area contributed by atoms with Crippen molar-refractivity contribution in [2.24, 2.45) is 5.92 Å². The molecule has 2 aliphatic carbocycles. The fourth-order valence-electron chi connectivity index (χ4n) is 11.0. The van der Waals surface area contributed by atoms with Crippen molar-refractivity contribution < 1.29 is 4.42 Å². The van der Waals surface area contributed by atoms with Gasteiger partial charge in [-0.25, -0.2) is 4.98 Å². The van der Waals surface area contributed by atoms with E-state index in [1.807, 2.05) is 55.5 Å². The highest BCUT2D eigenvalue weighted by molar-refractivity contribution is 7.25. The summed E-state index contributed by atoms with van der Waals surface area (Å²) >= 11 is 1.86. The van der Waals surface area contributed by atoms with Gasteiger partial charge in [0.1, 0.15) is 11.2 Å². The number of fused-ring (bicyclic) bond motifs is 13. The molecule has 0 saturated heterocycles. The molecule has 15 rings (SSSR count). The predicted molar refractivity (Wildman–Crippen MR) is 292 cm³/mol. The minimum atomic E-state index is 0.409. The summed E-state index contributed by atoms with van der Waals surface area (Å²) in [6.07, 6.45) is 3.63. The second kappa shape index (κ2) is 16.1. The van der Waals surface area contributed by atoms with Crippen LogP contribution in [0.1, 0.15) is 43.0 Å². The summed E-state index contributed by atoms with van der Waals surface area (Å²) in [5.41, 5.74) is 14.3. The Labute approximate surface area is 408 Å². The van der Waals surface area contributed by atoms with E-state index in [0.717, 1.165) is 50.7 Å². The van der Waals surface area contributed by atoms with Crippen molar-refractivity contribution in [3.8, 4) is 51.0 Å². The van der Waals surface area contributed by atoms with E-state index in [9.17, 15) is 0 Å². The molecule has 2 aliphatic rings. The number of furan rings is 1. The molecule has 0 amide bonds. The van der Waals surface area contributed by atoms with Crippen molar-refractivity contribution in [3.05, 3.63) is 223 Å². The van der Waals surface area contributed by atoms with Gasteiger partial charge < -0.3 is 4.42 Å². The molecule has 4 heterocycles. The van der Waals surface area contributed by atoms with Crippen molar-refractivity contribution in [2.75, 3.05) is 0 Å². The molecule has 0 spiro atoms. The van der Waals surface area contributed by atoms with Gasteiger partial charge in [0.25, 0.3) is 0 Å². The van der Waals surface area contributed by atoms with E-state index in [-0.39, 0.29) is 0 Å². The SMILES string of the molecule is C1=C(c2cccc(-c3cccc(-c4ccc5c(c4)sc4ccccc45)c3)c2)c2c(c3c4ccccc4ccc3n2-c2nc(-c3ccccc3)nc(-c3ccc4c(c3)oc3ccccc34)n2)C2CC12.CC.